The number of nitrogens with zero attached hydrogens (tertiary/aromatic N) is 4. The molecule has 6 heteroatoms. The first-order valence-corrected chi connectivity index (χ1v) is 9.96. The summed E-state index contributed by atoms with van der Waals surface area (Å²) in [6.45, 7) is 4.86. The van der Waals surface area contributed by atoms with Crippen LogP contribution in [0.2, 0.25) is 0 Å². The maximum atomic E-state index is 13.3. The molecule has 0 N–H and O–H groups in total. The topological polar surface area (TPSA) is 58.4 Å². The number of aromatic nitrogens is 2. The molecule has 4 rings (SSSR count). The second-order valence-corrected chi connectivity index (χ2v) is 7.22. The van der Waals surface area contributed by atoms with E-state index < -0.39 is 0 Å². The van der Waals surface area contributed by atoms with Crippen molar-refractivity contribution in [3.8, 4) is 0 Å². The van der Waals surface area contributed by atoms with E-state index in [9.17, 15) is 9.59 Å². The molecule has 1 aromatic heterocycles. The monoisotopic (exact) mass is 366 g/mol. The van der Waals surface area contributed by atoms with Gasteiger partial charge in [-0.05, 0) is 51.2 Å². The molecule has 0 aliphatic carbocycles. The van der Waals surface area contributed by atoms with Crippen molar-refractivity contribution in [2.45, 2.75) is 45.6 Å². The molecule has 0 bridgehead atoms. The fourth-order valence-electron chi connectivity index (χ4n) is 4.12. The van der Waals surface area contributed by atoms with Crippen molar-refractivity contribution >= 4 is 17.5 Å². The molecule has 0 unspecified atom stereocenters. The zero-order chi connectivity index (χ0) is 18.8. The second kappa shape index (κ2) is 7.55. The number of fused-ring (bicyclic) bond motifs is 1. The molecule has 0 atom stereocenters. The van der Waals surface area contributed by atoms with Crippen LogP contribution in [0.25, 0.3) is 0 Å². The molecule has 1 fully saturated rings. The Balaban J connectivity index is 1.72. The highest BCUT2D eigenvalue weighted by atomic mass is 16.2. The molecule has 6 nitrogen and oxygen atoms in total. The first-order chi connectivity index (χ1) is 13.2. The van der Waals surface area contributed by atoms with Crippen LogP contribution in [0.1, 0.15) is 59.4 Å². The van der Waals surface area contributed by atoms with Gasteiger partial charge in [0.1, 0.15) is 0 Å². The van der Waals surface area contributed by atoms with E-state index in [1.807, 2.05) is 46.7 Å². The predicted octanol–water partition coefficient (Wildman–Crippen LogP) is 3.12. The zero-order valence-corrected chi connectivity index (χ0v) is 15.9. The predicted molar refractivity (Wildman–Crippen MR) is 104 cm³/mol. The van der Waals surface area contributed by atoms with Gasteiger partial charge in [0.15, 0.2) is 11.5 Å². The van der Waals surface area contributed by atoms with E-state index in [2.05, 4.69) is 4.98 Å². The number of carbonyl (C=O) groups is 2. The van der Waals surface area contributed by atoms with Gasteiger partial charge in [0, 0.05) is 31.9 Å². The summed E-state index contributed by atoms with van der Waals surface area (Å²) in [6.07, 6.45) is 4.94. The van der Waals surface area contributed by atoms with Crippen molar-refractivity contribution in [2.75, 3.05) is 24.5 Å². The summed E-state index contributed by atoms with van der Waals surface area (Å²) < 4.78 is 2.00. The Morgan fingerprint density at radius 3 is 2.44 bits per heavy atom. The normalized spacial score (nSPS) is 16.3. The third-order valence-corrected chi connectivity index (χ3v) is 5.53. The number of hydrogen-bond donors (Lipinski definition) is 0. The van der Waals surface area contributed by atoms with E-state index in [1.54, 1.807) is 4.90 Å². The Labute approximate surface area is 159 Å². The van der Waals surface area contributed by atoms with Crippen molar-refractivity contribution < 1.29 is 9.59 Å². The highest BCUT2D eigenvalue weighted by Crippen LogP contribution is 2.25. The van der Waals surface area contributed by atoms with Crippen molar-refractivity contribution in [1.29, 1.82) is 0 Å². The van der Waals surface area contributed by atoms with Crippen molar-refractivity contribution in [1.82, 2.24) is 14.5 Å². The number of rotatable bonds is 4. The largest absolute Gasteiger partial charge is 0.336 e. The van der Waals surface area contributed by atoms with Gasteiger partial charge >= 0.3 is 0 Å². The lowest BCUT2D eigenvalue weighted by Crippen LogP contribution is -2.32. The Morgan fingerprint density at radius 2 is 1.74 bits per heavy atom. The quantitative estimate of drug-likeness (QED) is 0.835. The molecular formula is C21H26N4O2. The van der Waals surface area contributed by atoms with Crippen LogP contribution in [0.3, 0.4) is 0 Å². The fourth-order valence-corrected chi connectivity index (χ4v) is 4.12. The maximum Gasteiger partial charge on any atom is 0.289 e. The molecule has 2 aliphatic heterocycles. The molecule has 1 saturated heterocycles. The second-order valence-electron chi connectivity index (χ2n) is 7.22. The minimum absolute atomic E-state index is 0.0301. The molecule has 3 heterocycles. The lowest BCUT2D eigenvalue weighted by atomic mass is 10.1. The van der Waals surface area contributed by atoms with Crippen molar-refractivity contribution in [2.24, 2.45) is 0 Å². The van der Waals surface area contributed by atoms with E-state index in [1.165, 1.54) is 0 Å². The van der Waals surface area contributed by atoms with Crippen LogP contribution in [0, 0.1) is 0 Å². The number of para-hydroxylation sites is 1. The van der Waals surface area contributed by atoms with Crippen molar-refractivity contribution in [3.05, 3.63) is 47.5 Å². The van der Waals surface area contributed by atoms with E-state index in [4.69, 9.17) is 0 Å². The number of hydrogen-bond acceptors (Lipinski definition) is 3. The highest BCUT2D eigenvalue weighted by molar-refractivity contribution is 6.06. The average Bonchev–Trinajstić information content (AvgIpc) is 3.37. The van der Waals surface area contributed by atoms with Crippen LogP contribution >= 0.6 is 0 Å². The highest BCUT2D eigenvalue weighted by Gasteiger charge is 2.32. The number of likely N-dealkylation sites (tertiary alicyclic amines) is 1. The summed E-state index contributed by atoms with van der Waals surface area (Å²) in [4.78, 5) is 34.5. The molecule has 0 radical (unpaired) electrons. The Kier molecular flexibility index (Phi) is 4.97. The Morgan fingerprint density at radius 1 is 1.04 bits per heavy atom. The van der Waals surface area contributed by atoms with Gasteiger partial charge in [-0.1, -0.05) is 18.2 Å². The summed E-state index contributed by atoms with van der Waals surface area (Å²) in [7, 11) is 0. The first-order valence-electron chi connectivity index (χ1n) is 9.96. The number of benzene rings is 1. The summed E-state index contributed by atoms with van der Waals surface area (Å²) in [5, 5.41) is 0. The smallest absolute Gasteiger partial charge is 0.289 e. The van der Waals surface area contributed by atoms with Crippen LogP contribution < -0.4 is 4.90 Å². The van der Waals surface area contributed by atoms with E-state index >= 15 is 0 Å². The van der Waals surface area contributed by atoms with Crippen LogP contribution in [0.4, 0.5) is 5.69 Å². The van der Waals surface area contributed by atoms with Gasteiger partial charge in [-0.25, -0.2) is 4.98 Å². The van der Waals surface area contributed by atoms with Gasteiger partial charge in [-0.15, -0.1) is 0 Å². The average molecular weight is 366 g/mol. The zero-order valence-electron chi connectivity index (χ0n) is 15.9. The minimum Gasteiger partial charge on any atom is -0.336 e. The van der Waals surface area contributed by atoms with Gasteiger partial charge in [-0.3, -0.25) is 9.59 Å². The van der Waals surface area contributed by atoms with Gasteiger partial charge in [0.2, 0.25) is 0 Å². The SMILES string of the molecule is CCN(C(=O)c1nc(C(=O)N2CCCC2)n2c1CCCC2)c1ccccc1. The fraction of sp³-hybridized carbons (Fsp3) is 0.476. The molecule has 0 spiro atoms. The van der Waals surface area contributed by atoms with Gasteiger partial charge in [0.25, 0.3) is 11.8 Å². The molecule has 2 aromatic rings. The first kappa shape index (κ1) is 17.8. The van der Waals surface area contributed by atoms with E-state index in [0.29, 0.717) is 18.1 Å². The summed E-state index contributed by atoms with van der Waals surface area (Å²) in [6, 6.07) is 9.65. The lowest BCUT2D eigenvalue weighted by molar-refractivity contribution is 0.0774. The van der Waals surface area contributed by atoms with E-state index in [-0.39, 0.29) is 11.8 Å². The summed E-state index contributed by atoms with van der Waals surface area (Å²) >= 11 is 0. The van der Waals surface area contributed by atoms with Crippen molar-refractivity contribution in [3.63, 3.8) is 0 Å². The molecule has 0 saturated carbocycles. The van der Waals surface area contributed by atoms with E-state index in [0.717, 1.165) is 63.1 Å². The maximum absolute atomic E-state index is 13.3. The molecular weight excluding hydrogens is 340 g/mol. The Hall–Kier alpha value is -2.63. The van der Waals surface area contributed by atoms with Crippen LogP contribution in [0.5, 0.6) is 0 Å². The van der Waals surface area contributed by atoms with Crippen LogP contribution in [-0.2, 0) is 13.0 Å². The number of imidazole rings is 1. The Bertz CT molecular complexity index is 837. The number of anilines is 1. The minimum atomic E-state index is -0.116. The van der Waals surface area contributed by atoms with Gasteiger partial charge < -0.3 is 14.4 Å². The molecule has 1 aromatic carbocycles. The summed E-state index contributed by atoms with van der Waals surface area (Å²) in [5.74, 6) is 0.298. The third-order valence-electron chi connectivity index (χ3n) is 5.53. The van der Waals surface area contributed by atoms with Gasteiger partial charge in [-0.2, -0.15) is 0 Å². The molecule has 27 heavy (non-hydrogen) atoms. The third kappa shape index (κ3) is 3.24. The number of carbonyl (C=O) groups excluding carboxylic acids is 2. The van der Waals surface area contributed by atoms with Gasteiger partial charge in [0.05, 0.1) is 5.69 Å². The summed E-state index contributed by atoms with van der Waals surface area (Å²) in [5.41, 5.74) is 2.22. The van der Waals surface area contributed by atoms with Crippen LogP contribution in [-0.4, -0.2) is 45.9 Å². The standard InChI is InChI=1S/C21H26N4O2/c1-2-24(16-10-4-3-5-11-16)20(26)18-17-12-6-7-15-25(17)19(22-18)21(27)23-13-8-9-14-23/h3-5,10-11H,2,6-9,12-15H2,1H3. The lowest BCUT2D eigenvalue weighted by Gasteiger charge is -2.22. The number of amides is 2. The molecule has 2 aliphatic rings. The molecule has 2 amide bonds. The van der Waals surface area contributed by atoms with Crippen LogP contribution in [0.15, 0.2) is 30.3 Å². The molecule has 142 valence electrons.